The third kappa shape index (κ3) is 6.22. The number of nitrogens with zero attached hydrogens (tertiary/aromatic N) is 4. The van der Waals surface area contributed by atoms with Crippen molar-refractivity contribution in [3.05, 3.63) is 47.7 Å². The van der Waals surface area contributed by atoms with Crippen LogP contribution in [0.4, 0.5) is 5.82 Å². The van der Waals surface area contributed by atoms with Gasteiger partial charge in [-0.2, -0.15) is 5.10 Å². The standard InChI is InChI=1S/C22H30N4O2/c1-3-28-23-17-20-6-4-8-21(16-20)27-15-5-7-19-11-13-26(14-12-19)22-10-9-18(2)24-25-22/h4,6,8-10,16-17,19H,3,5,7,11-15H2,1-2H3. The predicted molar refractivity (Wildman–Crippen MR) is 112 cm³/mol. The Balaban J connectivity index is 1.35. The lowest BCUT2D eigenvalue weighted by Crippen LogP contribution is -2.34. The van der Waals surface area contributed by atoms with Crippen molar-refractivity contribution in [2.75, 3.05) is 31.2 Å². The van der Waals surface area contributed by atoms with Crippen LogP contribution in [0.5, 0.6) is 5.75 Å². The molecule has 6 nitrogen and oxygen atoms in total. The molecule has 6 heteroatoms. The van der Waals surface area contributed by atoms with Gasteiger partial charge < -0.3 is 14.5 Å². The van der Waals surface area contributed by atoms with E-state index in [2.05, 4.69) is 26.3 Å². The average molecular weight is 383 g/mol. The van der Waals surface area contributed by atoms with Gasteiger partial charge in [0.1, 0.15) is 12.4 Å². The third-order valence-electron chi connectivity index (χ3n) is 5.01. The molecule has 0 radical (unpaired) electrons. The van der Waals surface area contributed by atoms with Crippen molar-refractivity contribution in [2.45, 2.75) is 39.5 Å². The lowest BCUT2D eigenvalue weighted by molar-refractivity contribution is 0.160. The highest BCUT2D eigenvalue weighted by molar-refractivity contribution is 5.79. The number of ether oxygens (including phenoxy) is 1. The van der Waals surface area contributed by atoms with Crippen molar-refractivity contribution in [1.29, 1.82) is 0 Å². The van der Waals surface area contributed by atoms with Gasteiger partial charge in [-0.15, -0.1) is 5.10 Å². The molecule has 2 aromatic rings. The number of benzene rings is 1. The van der Waals surface area contributed by atoms with E-state index in [4.69, 9.17) is 9.57 Å². The van der Waals surface area contributed by atoms with Gasteiger partial charge in [-0.05, 0) is 75.3 Å². The summed E-state index contributed by atoms with van der Waals surface area (Å²) >= 11 is 0. The first-order valence-electron chi connectivity index (χ1n) is 10.2. The van der Waals surface area contributed by atoms with Gasteiger partial charge in [0.25, 0.3) is 0 Å². The van der Waals surface area contributed by atoms with Crippen LogP contribution >= 0.6 is 0 Å². The lowest BCUT2D eigenvalue weighted by Gasteiger charge is -2.32. The summed E-state index contributed by atoms with van der Waals surface area (Å²) in [4.78, 5) is 7.34. The molecule has 0 bridgehead atoms. The number of hydrogen-bond acceptors (Lipinski definition) is 6. The second-order valence-electron chi connectivity index (χ2n) is 7.18. The maximum atomic E-state index is 5.91. The molecule has 1 aliphatic rings. The number of oxime groups is 1. The summed E-state index contributed by atoms with van der Waals surface area (Å²) in [7, 11) is 0. The van der Waals surface area contributed by atoms with Gasteiger partial charge in [0.05, 0.1) is 18.5 Å². The minimum atomic E-state index is 0.573. The monoisotopic (exact) mass is 382 g/mol. The fourth-order valence-electron chi connectivity index (χ4n) is 3.43. The highest BCUT2D eigenvalue weighted by Crippen LogP contribution is 2.25. The first-order chi connectivity index (χ1) is 13.7. The second-order valence-corrected chi connectivity index (χ2v) is 7.18. The van der Waals surface area contributed by atoms with E-state index in [-0.39, 0.29) is 0 Å². The number of rotatable bonds is 9. The molecule has 1 saturated heterocycles. The molecule has 0 spiro atoms. The first kappa shape index (κ1) is 20.1. The van der Waals surface area contributed by atoms with E-state index in [0.717, 1.165) is 54.9 Å². The maximum absolute atomic E-state index is 5.91. The summed E-state index contributed by atoms with van der Waals surface area (Å²) in [5.41, 5.74) is 1.95. The van der Waals surface area contributed by atoms with Crippen LogP contribution in [0.2, 0.25) is 0 Å². The van der Waals surface area contributed by atoms with Crippen LogP contribution in [0.1, 0.15) is 43.9 Å². The Bertz CT molecular complexity index is 740. The molecular formula is C22H30N4O2. The molecule has 0 atom stereocenters. The number of anilines is 1. The molecule has 0 unspecified atom stereocenters. The molecule has 0 aliphatic carbocycles. The zero-order valence-electron chi connectivity index (χ0n) is 16.9. The predicted octanol–water partition coefficient (Wildman–Crippen LogP) is 4.23. The molecule has 2 heterocycles. The van der Waals surface area contributed by atoms with Gasteiger partial charge >= 0.3 is 0 Å². The Hall–Kier alpha value is -2.63. The van der Waals surface area contributed by atoms with E-state index >= 15 is 0 Å². The van der Waals surface area contributed by atoms with Crippen molar-refractivity contribution in [2.24, 2.45) is 11.1 Å². The maximum Gasteiger partial charge on any atom is 0.151 e. The van der Waals surface area contributed by atoms with Crippen molar-refractivity contribution in [1.82, 2.24) is 10.2 Å². The second kappa shape index (κ2) is 10.6. The summed E-state index contributed by atoms with van der Waals surface area (Å²) in [5.74, 6) is 2.65. The van der Waals surface area contributed by atoms with Gasteiger partial charge in [0, 0.05) is 13.1 Å². The number of piperidine rings is 1. The molecule has 3 rings (SSSR count). The van der Waals surface area contributed by atoms with Crippen molar-refractivity contribution in [3.63, 3.8) is 0 Å². The summed E-state index contributed by atoms with van der Waals surface area (Å²) in [5, 5.41) is 12.4. The smallest absolute Gasteiger partial charge is 0.151 e. The zero-order valence-corrected chi connectivity index (χ0v) is 16.9. The molecular weight excluding hydrogens is 352 g/mol. The summed E-state index contributed by atoms with van der Waals surface area (Å²) in [6.45, 7) is 7.32. The molecule has 1 aliphatic heterocycles. The average Bonchev–Trinajstić information content (AvgIpc) is 2.73. The Kier molecular flexibility index (Phi) is 7.64. The van der Waals surface area contributed by atoms with Gasteiger partial charge in [0.15, 0.2) is 5.82 Å². The van der Waals surface area contributed by atoms with Crippen molar-refractivity contribution < 1.29 is 9.57 Å². The van der Waals surface area contributed by atoms with Gasteiger partial charge in [-0.1, -0.05) is 17.3 Å². The summed E-state index contributed by atoms with van der Waals surface area (Å²) < 4.78 is 5.91. The molecule has 1 aromatic heterocycles. The topological polar surface area (TPSA) is 59.8 Å². The number of hydrogen-bond donors (Lipinski definition) is 0. The molecule has 150 valence electrons. The molecule has 0 N–H and O–H groups in total. The zero-order chi connectivity index (χ0) is 19.6. The highest BCUT2D eigenvalue weighted by Gasteiger charge is 2.20. The largest absolute Gasteiger partial charge is 0.494 e. The molecule has 1 aromatic carbocycles. The molecule has 28 heavy (non-hydrogen) atoms. The lowest BCUT2D eigenvalue weighted by atomic mass is 9.92. The summed E-state index contributed by atoms with van der Waals surface area (Å²) in [6, 6.07) is 12.0. The van der Waals surface area contributed by atoms with E-state index in [9.17, 15) is 0 Å². The van der Waals surface area contributed by atoms with Crippen LogP contribution in [0.25, 0.3) is 0 Å². The van der Waals surface area contributed by atoms with E-state index in [1.165, 1.54) is 19.3 Å². The summed E-state index contributed by atoms with van der Waals surface area (Å²) in [6.07, 6.45) is 6.41. The normalized spacial score (nSPS) is 15.1. The third-order valence-corrected chi connectivity index (χ3v) is 5.01. The van der Waals surface area contributed by atoms with Crippen LogP contribution in [0.3, 0.4) is 0 Å². The van der Waals surface area contributed by atoms with Gasteiger partial charge in [-0.25, -0.2) is 0 Å². The highest BCUT2D eigenvalue weighted by atomic mass is 16.6. The van der Waals surface area contributed by atoms with Crippen LogP contribution in [-0.2, 0) is 4.84 Å². The Morgan fingerprint density at radius 1 is 1.18 bits per heavy atom. The Morgan fingerprint density at radius 3 is 2.79 bits per heavy atom. The molecule has 0 saturated carbocycles. The Labute approximate surface area is 167 Å². The van der Waals surface area contributed by atoms with E-state index < -0.39 is 0 Å². The van der Waals surface area contributed by atoms with Crippen molar-refractivity contribution in [3.8, 4) is 5.75 Å². The quantitative estimate of drug-likeness (QED) is 0.369. The van der Waals surface area contributed by atoms with Crippen molar-refractivity contribution >= 4 is 12.0 Å². The first-order valence-corrected chi connectivity index (χ1v) is 10.2. The molecule has 1 fully saturated rings. The van der Waals surface area contributed by atoms with E-state index in [1.807, 2.05) is 44.2 Å². The minimum Gasteiger partial charge on any atom is -0.494 e. The number of aromatic nitrogens is 2. The van der Waals surface area contributed by atoms with Gasteiger partial charge in [-0.3, -0.25) is 0 Å². The fraction of sp³-hybridized carbons (Fsp3) is 0.500. The van der Waals surface area contributed by atoms with E-state index in [0.29, 0.717) is 6.61 Å². The number of aryl methyl sites for hydroxylation is 1. The Morgan fingerprint density at radius 2 is 2.04 bits per heavy atom. The SMILES string of the molecule is CCON=Cc1cccc(OCCCC2CCN(c3ccc(C)nn3)CC2)c1. The van der Waals surface area contributed by atoms with Gasteiger partial charge in [0.2, 0.25) is 0 Å². The molecule has 0 amide bonds. The van der Waals surface area contributed by atoms with Crippen LogP contribution in [-0.4, -0.2) is 42.7 Å². The van der Waals surface area contributed by atoms with Crippen LogP contribution in [0.15, 0.2) is 41.6 Å². The van der Waals surface area contributed by atoms with Crippen LogP contribution in [0, 0.1) is 12.8 Å². The fourth-order valence-corrected chi connectivity index (χ4v) is 3.43. The van der Waals surface area contributed by atoms with Crippen LogP contribution < -0.4 is 9.64 Å². The van der Waals surface area contributed by atoms with E-state index in [1.54, 1.807) is 6.21 Å². The minimum absolute atomic E-state index is 0.573.